The van der Waals surface area contributed by atoms with E-state index < -0.39 is 0 Å². The van der Waals surface area contributed by atoms with Crippen molar-refractivity contribution in [1.82, 2.24) is 9.97 Å². The van der Waals surface area contributed by atoms with Crippen molar-refractivity contribution in [2.45, 2.75) is 13.3 Å². The molecule has 4 rings (SSSR count). The molecule has 26 heavy (non-hydrogen) atoms. The number of aryl methyl sites for hydroxylation is 1. The highest BCUT2D eigenvalue weighted by Gasteiger charge is 2.18. The first kappa shape index (κ1) is 17.5. The largest absolute Gasteiger partial charge is 0.370 e. The highest BCUT2D eigenvalue weighted by Crippen LogP contribution is 2.23. The molecule has 0 spiro atoms. The number of hydrogen-bond acceptors (Lipinski definition) is 6. The third-order valence-electron chi connectivity index (χ3n) is 5.19. The Morgan fingerprint density at radius 3 is 2.12 bits per heavy atom. The maximum atomic E-state index is 4.57. The Morgan fingerprint density at radius 2 is 1.38 bits per heavy atom. The third kappa shape index (κ3) is 4.06. The Morgan fingerprint density at radius 1 is 0.769 bits per heavy atom. The fourth-order valence-electron chi connectivity index (χ4n) is 3.64. The summed E-state index contributed by atoms with van der Waals surface area (Å²) in [7, 11) is 0. The van der Waals surface area contributed by atoms with Gasteiger partial charge in [-0.05, 0) is 25.5 Å². The second kappa shape index (κ2) is 8.16. The van der Waals surface area contributed by atoms with E-state index in [1.54, 1.807) is 6.33 Å². The quantitative estimate of drug-likeness (QED) is 0.827. The zero-order valence-electron chi connectivity index (χ0n) is 15.5. The zero-order valence-corrected chi connectivity index (χ0v) is 16.3. The van der Waals surface area contributed by atoms with Crippen LogP contribution in [0.2, 0.25) is 0 Å². The first-order chi connectivity index (χ1) is 12.8. The van der Waals surface area contributed by atoms with Crippen LogP contribution in [0.5, 0.6) is 0 Å². The molecule has 0 bridgehead atoms. The Labute approximate surface area is 160 Å². The summed E-state index contributed by atoms with van der Waals surface area (Å²) in [6, 6.07) is 11.1. The minimum absolute atomic E-state index is 1.00. The summed E-state index contributed by atoms with van der Waals surface area (Å²) in [5.41, 5.74) is 2.64. The van der Waals surface area contributed by atoms with E-state index in [1.807, 2.05) is 11.8 Å². The van der Waals surface area contributed by atoms with Gasteiger partial charge in [0.25, 0.3) is 0 Å². The summed E-state index contributed by atoms with van der Waals surface area (Å²) in [5.74, 6) is 4.53. The lowest BCUT2D eigenvalue weighted by Gasteiger charge is -2.29. The smallest absolute Gasteiger partial charge is 0.134 e. The molecule has 0 atom stereocenters. The molecule has 2 aromatic rings. The van der Waals surface area contributed by atoms with E-state index >= 15 is 0 Å². The van der Waals surface area contributed by atoms with Crippen molar-refractivity contribution in [3.63, 3.8) is 0 Å². The second-order valence-electron chi connectivity index (χ2n) is 7.00. The van der Waals surface area contributed by atoms with Gasteiger partial charge in [-0.2, -0.15) is 11.8 Å². The maximum absolute atomic E-state index is 4.57. The number of rotatable bonds is 3. The van der Waals surface area contributed by atoms with Gasteiger partial charge in [-0.25, -0.2) is 9.97 Å². The Balaban J connectivity index is 1.44. The minimum atomic E-state index is 1.00. The van der Waals surface area contributed by atoms with Crippen LogP contribution in [0.4, 0.5) is 17.3 Å². The van der Waals surface area contributed by atoms with E-state index in [9.17, 15) is 0 Å². The topological polar surface area (TPSA) is 35.5 Å². The SMILES string of the molecule is Cc1ccc(N2CCCN(c3cc(N4CCSCC4)ncn3)CC2)cc1. The lowest BCUT2D eigenvalue weighted by Crippen LogP contribution is -2.34. The van der Waals surface area contributed by atoms with Crippen molar-refractivity contribution < 1.29 is 0 Å². The molecular weight excluding hydrogens is 342 g/mol. The van der Waals surface area contributed by atoms with Gasteiger partial charge >= 0.3 is 0 Å². The van der Waals surface area contributed by atoms with Crippen LogP contribution in [0, 0.1) is 6.92 Å². The number of thioether (sulfide) groups is 1. The van der Waals surface area contributed by atoms with Gasteiger partial charge in [-0.15, -0.1) is 0 Å². The Bertz CT molecular complexity index is 714. The molecule has 1 aromatic heterocycles. The highest BCUT2D eigenvalue weighted by molar-refractivity contribution is 7.99. The molecule has 1 aromatic carbocycles. The van der Waals surface area contributed by atoms with Gasteiger partial charge in [-0.3, -0.25) is 0 Å². The molecule has 138 valence electrons. The van der Waals surface area contributed by atoms with Crippen molar-refractivity contribution in [1.29, 1.82) is 0 Å². The first-order valence-electron chi connectivity index (χ1n) is 9.51. The standard InChI is InChI=1S/C20H27N5S/c1-17-3-5-18(6-4-17)23-7-2-8-24(10-9-23)19-15-20(22-16-21-19)25-11-13-26-14-12-25/h3-6,15-16H,2,7-14H2,1H3. The van der Waals surface area contributed by atoms with Crippen LogP contribution in [-0.2, 0) is 0 Å². The van der Waals surface area contributed by atoms with Gasteiger partial charge in [0, 0.05) is 62.5 Å². The van der Waals surface area contributed by atoms with Crippen molar-refractivity contribution in [2.24, 2.45) is 0 Å². The van der Waals surface area contributed by atoms with Gasteiger partial charge < -0.3 is 14.7 Å². The van der Waals surface area contributed by atoms with Crippen molar-refractivity contribution >= 4 is 29.1 Å². The van der Waals surface area contributed by atoms with E-state index in [0.717, 1.165) is 57.3 Å². The summed E-state index contributed by atoms with van der Waals surface area (Å²) >= 11 is 2.03. The number of anilines is 3. The first-order valence-corrected chi connectivity index (χ1v) is 10.7. The molecule has 0 saturated carbocycles. The van der Waals surface area contributed by atoms with Crippen LogP contribution in [0.15, 0.2) is 36.7 Å². The van der Waals surface area contributed by atoms with Gasteiger partial charge in [0.1, 0.15) is 18.0 Å². The summed E-state index contributed by atoms with van der Waals surface area (Å²) < 4.78 is 0. The Hall–Kier alpha value is -1.95. The zero-order chi connectivity index (χ0) is 17.8. The lowest BCUT2D eigenvalue weighted by atomic mass is 10.2. The van der Waals surface area contributed by atoms with Gasteiger partial charge in [0.15, 0.2) is 0 Å². The van der Waals surface area contributed by atoms with E-state index in [4.69, 9.17) is 0 Å². The molecule has 0 radical (unpaired) electrons. The highest BCUT2D eigenvalue weighted by atomic mass is 32.2. The molecular formula is C20H27N5S. The molecule has 0 amide bonds. The molecule has 2 saturated heterocycles. The van der Waals surface area contributed by atoms with Crippen molar-refractivity contribution in [3.05, 3.63) is 42.2 Å². The van der Waals surface area contributed by atoms with E-state index in [-0.39, 0.29) is 0 Å². The lowest BCUT2D eigenvalue weighted by molar-refractivity contribution is 0.788. The molecule has 0 aliphatic carbocycles. The molecule has 2 aliphatic heterocycles. The predicted molar refractivity (Wildman–Crippen MR) is 112 cm³/mol. The molecule has 0 N–H and O–H groups in total. The minimum Gasteiger partial charge on any atom is -0.370 e. The van der Waals surface area contributed by atoms with Crippen LogP contribution in [0.25, 0.3) is 0 Å². The maximum Gasteiger partial charge on any atom is 0.134 e. The van der Waals surface area contributed by atoms with E-state index in [1.165, 1.54) is 22.8 Å². The number of hydrogen-bond donors (Lipinski definition) is 0. The fraction of sp³-hybridized carbons (Fsp3) is 0.500. The Kier molecular flexibility index (Phi) is 5.48. The summed E-state index contributed by atoms with van der Waals surface area (Å²) in [5, 5.41) is 0. The molecule has 2 aliphatic rings. The number of benzene rings is 1. The molecule has 3 heterocycles. The monoisotopic (exact) mass is 369 g/mol. The van der Waals surface area contributed by atoms with Crippen molar-refractivity contribution in [2.75, 3.05) is 65.5 Å². The molecule has 0 unspecified atom stereocenters. The van der Waals surface area contributed by atoms with Crippen molar-refractivity contribution in [3.8, 4) is 0 Å². The summed E-state index contributed by atoms with van der Waals surface area (Å²) in [4.78, 5) is 16.4. The van der Waals surface area contributed by atoms with Crippen LogP contribution >= 0.6 is 11.8 Å². The molecule has 6 heteroatoms. The van der Waals surface area contributed by atoms with Gasteiger partial charge in [0.2, 0.25) is 0 Å². The van der Waals surface area contributed by atoms with Crippen LogP contribution < -0.4 is 14.7 Å². The number of aromatic nitrogens is 2. The second-order valence-corrected chi connectivity index (χ2v) is 8.22. The van der Waals surface area contributed by atoms with Crippen LogP contribution in [0.1, 0.15) is 12.0 Å². The molecule has 2 fully saturated rings. The molecule has 5 nitrogen and oxygen atoms in total. The fourth-order valence-corrected chi connectivity index (χ4v) is 4.54. The average molecular weight is 370 g/mol. The van der Waals surface area contributed by atoms with Crippen LogP contribution in [-0.4, -0.2) is 60.7 Å². The third-order valence-corrected chi connectivity index (χ3v) is 6.13. The predicted octanol–water partition coefficient (Wildman–Crippen LogP) is 3.05. The normalized spacial score (nSPS) is 18.7. The average Bonchev–Trinajstić information content (AvgIpc) is 2.96. The summed E-state index contributed by atoms with van der Waals surface area (Å²) in [6.07, 6.45) is 2.88. The van der Waals surface area contributed by atoms with E-state index in [0.29, 0.717) is 0 Å². The van der Waals surface area contributed by atoms with E-state index in [2.05, 4.69) is 61.9 Å². The van der Waals surface area contributed by atoms with Gasteiger partial charge in [-0.1, -0.05) is 17.7 Å². The summed E-state index contributed by atoms with van der Waals surface area (Å²) in [6.45, 7) is 8.49. The van der Waals surface area contributed by atoms with Crippen LogP contribution in [0.3, 0.4) is 0 Å². The number of nitrogens with zero attached hydrogens (tertiary/aromatic N) is 5. The van der Waals surface area contributed by atoms with Gasteiger partial charge in [0.05, 0.1) is 0 Å².